The molecule has 3 aliphatic heterocycles. The van der Waals surface area contributed by atoms with Crippen LogP contribution in [0.4, 0.5) is 47.3 Å². The van der Waals surface area contributed by atoms with E-state index in [2.05, 4.69) is 10.3 Å². The van der Waals surface area contributed by atoms with E-state index < -0.39 is 69.9 Å². The Hall–Kier alpha value is -5.62. The molecule has 1 aromatic heterocycles. The SMILES string of the molecule is CC1(C)C(=O)N(c2ccc(S(=O)(=O)C(F)(F)F)cc2)C(=O)N1Cc1ccnc(C(=O)N2CCOCC2)c1.O=C1CNC(=O)N1c1ccc(S(=O)(=O)C(F)(F)F)cc1. The van der Waals surface area contributed by atoms with E-state index in [0.29, 0.717) is 61.0 Å². The van der Waals surface area contributed by atoms with Gasteiger partial charge in [-0.2, -0.15) is 26.3 Å². The number of carbonyl (C=O) groups excluding carboxylic acids is 5. The topological polar surface area (TPSA) is 201 Å². The van der Waals surface area contributed by atoms with Crippen molar-refractivity contribution in [2.45, 2.75) is 46.7 Å². The Bertz CT molecular complexity index is 2300. The van der Waals surface area contributed by atoms with Gasteiger partial charge in [0.15, 0.2) is 0 Å². The second kappa shape index (κ2) is 15.4. The highest BCUT2D eigenvalue weighted by molar-refractivity contribution is 7.92. The van der Waals surface area contributed by atoms with E-state index in [1.165, 1.54) is 31.0 Å². The minimum atomic E-state index is -5.58. The maximum Gasteiger partial charge on any atom is 0.501 e. The lowest BCUT2D eigenvalue weighted by molar-refractivity contribution is -0.123. The third kappa shape index (κ3) is 8.27. The Morgan fingerprint density at radius 1 is 0.789 bits per heavy atom. The van der Waals surface area contributed by atoms with Gasteiger partial charge in [0.05, 0.1) is 40.9 Å². The molecule has 0 saturated carbocycles. The van der Waals surface area contributed by atoms with E-state index in [9.17, 15) is 67.2 Å². The van der Waals surface area contributed by atoms with Gasteiger partial charge in [-0.1, -0.05) is 0 Å². The van der Waals surface area contributed by atoms with Crippen molar-refractivity contribution in [3.8, 4) is 0 Å². The van der Waals surface area contributed by atoms with Crippen LogP contribution in [0.5, 0.6) is 0 Å². The number of hydrogen-bond acceptors (Lipinski definition) is 11. The second-order valence-corrected chi connectivity index (χ2v) is 16.7. The maximum absolute atomic E-state index is 13.3. The molecule has 306 valence electrons. The molecule has 7 amide bonds. The van der Waals surface area contributed by atoms with E-state index in [0.717, 1.165) is 29.2 Å². The summed E-state index contributed by atoms with van der Waals surface area (Å²) in [6, 6.07) is 8.30. The van der Waals surface area contributed by atoms with Gasteiger partial charge in [-0.25, -0.2) is 36.2 Å². The van der Waals surface area contributed by atoms with Crippen LogP contribution in [-0.2, 0) is 40.5 Å². The molecule has 3 aromatic rings. The van der Waals surface area contributed by atoms with Crippen LogP contribution < -0.4 is 15.1 Å². The molecule has 24 heteroatoms. The molecule has 57 heavy (non-hydrogen) atoms. The number of amides is 7. The van der Waals surface area contributed by atoms with Crippen LogP contribution in [0.1, 0.15) is 29.9 Å². The Kier molecular flexibility index (Phi) is 11.5. The zero-order valence-electron chi connectivity index (χ0n) is 29.5. The molecule has 3 fully saturated rings. The second-order valence-electron chi connectivity index (χ2n) is 12.8. The number of halogens is 6. The average molecular weight is 849 g/mol. The summed E-state index contributed by atoms with van der Waals surface area (Å²) < 4.78 is 126. The van der Waals surface area contributed by atoms with Gasteiger partial charge >= 0.3 is 23.1 Å². The Morgan fingerprint density at radius 3 is 1.74 bits per heavy atom. The van der Waals surface area contributed by atoms with Gasteiger partial charge in [0.2, 0.25) is 0 Å². The first-order valence-corrected chi connectivity index (χ1v) is 19.3. The van der Waals surface area contributed by atoms with Crippen molar-refractivity contribution in [3.63, 3.8) is 0 Å². The van der Waals surface area contributed by atoms with Crippen LogP contribution in [0.2, 0.25) is 0 Å². The molecule has 0 bridgehead atoms. The molecule has 0 radical (unpaired) electrons. The third-order valence-corrected chi connectivity index (χ3v) is 11.8. The molecule has 4 heterocycles. The minimum Gasteiger partial charge on any atom is -0.378 e. The number of morpholine rings is 1. The van der Waals surface area contributed by atoms with Crippen molar-refractivity contribution < 1.29 is 71.9 Å². The smallest absolute Gasteiger partial charge is 0.378 e. The molecule has 0 unspecified atom stereocenters. The number of aromatic nitrogens is 1. The fourth-order valence-corrected chi connectivity index (χ4v) is 7.15. The zero-order valence-corrected chi connectivity index (χ0v) is 31.1. The van der Waals surface area contributed by atoms with E-state index >= 15 is 0 Å². The number of sulfone groups is 2. The molecule has 0 spiro atoms. The summed E-state index contributed by atoms with van der Waals surface area (Å²) >= 11 is 0. The maximum atomic E-state index is 13.3. The van der Waals surface area contributed by atoms with Gasteiger partial charge < -0.3 is 19.9 Å². The van der Waals surface area contributed by atoms with Crippen molar-refractivity contribution in [1.82, 2.24) is 20.1 Å². The zero-order chi connectivity index (χ0) is 42.3. The largest absolute Gasteiger partial charge is 0.501 e. The minimum absolute atomic E-state index is 0.00822. The van der Waals surface area contributed by atoms with Gasteiger partial charge in [-0.3, -0.25) is 19.4 Å². The Labute approximate surface area is 319 Å². The van der Waals surface area contributed by atoms with Crippen molar-refractivity contribution in [2.24, 2.45) is 0 Å². The van der Waals surface area contributed by atoms with Gasteiger partial charge in [0, 0.05) is 25.8 Å². The lowest BCUT2D eigenvalue weighted by atomic mass is 10.0. The van der Waals surface area contributed by atoms with Gasteiger partial charge in [0.1, 0.15) is 11.2 Å². The fraction of sp³-hybridized carbons (Fsp3) is 0.333. The summed E-state index contributed by atoms with van der Waals surface area (Å²) in [7, 11) is -11.0. The van der Waals surface area contributed by atoms with Crippen molar-refractivity contribution in [3.05, 3.63) is 78.1 Å². The highest BCUT2D eigenvalue weighted by atomic mass is 32.2. The molecule has 16 nitrogen and oxygen atoms in total. The normalized spacial score (nSPS) is 17.8. The van der Waals surface area contributed by atoms with Gasteiger partial charge in [0.25, 0.3) is 37.4 Å². The van der Waals surface area contributed by atoms with E-state index in [-0.39, 0.29) is 36.1 Å². The number of nitrogens with one attached hydrogen (secondary N) is 1. The number of alkyl halides is 6. The summed E-state index contributed by atoms with van der Waals surface area (Å²) in [5, 5.41) is 2.23. The van der Waals surface area contributed by atoms with E-state index in [1.54, 1.807) is 11.0 Å². The quantitative estimate of drug-likeness (QED) is 0.269. The third-order valence-electron chi connectivity index (χ3n) is 8.77. The summed E-state index contributed by atoms with van der Waals surface area (Å²) in [4.78, 5) is 68.4. The number of imide groups is 2. The lowest BCUT2D eigenvalue weighted by Crippen LogP contribution is -2.43. The van der Waals surface area contributed by atoms with Crippen LogP contribution in [0.3, 0.4) is 0 Å². The van der Waals surface area contributed by atoms with Crippen molar-refractivity contribution >= 4 is 60.8 Å². The number of ether oxygens (including phenoxy) is 1. The van der Waals surface area contributed by atoms with Crippen molar-refractivity contribution in [1.29, 1.82) is 0 Å². The molecule has 3 saturated heterocycles. The molecule has 0 atom stereocenters. The Morgan fingerprint density at radius 2 is 1.28 bits per heavy atom. The summed E-state index contributed by atoms with van der Waals surface area (Å²) in [5.74, 6) is -1.52. The first-order chi connectivity index (χ1) is 26.4. The highest BCUT2D eigenvalue weighted by Crippen LogP contribution is 2.36. The number of pyridine rings is 1. The number of urea groups is 2. The molecule has 0 aliphatic carbocycles. The van der Waals surface area contributed by atoms with Gasteiger partial charge in [-0.05, 0) is 80.1 Å². The van der Waals surface area contributed by atoms with Crippen LogP contribution in [-0.4, -0.2) is 111 Å². The van der Waals surface area contributed by atoms with Gasteiger partial charge in [-0.15, -0.1) is 0 Å². The number of nitrogens with zero attached hydrogens (tertiary/aromatic N) is 5. The van der Waals surface area contributed by atoms with E-state index in [1.807, 2.05) is 0 Å². The molecule has 3 aliphatic rings. The summed E-state index contributed by atoms with van der Waals surface area (Å²) in [5.41, 5.74) is -11.6. The van der Waals surface area contributed by atoms with Crippen LogP contribution in [0.25, 0.3) is 0 Å². The molecule has 1 N–H and O–H groups in total. The standard InChI is InChI=1S/C23H23F3N4O6S.C10H7F3N2O4S/c1-22(2)20(32)30(16-3-5-17(6-4-16)37(34,35)23(24,25)26)21(33)29(22)14-15-7-8-27-18(13-15)19(31)28-9-11-36-12-10-28;11-10(12,13)20(18,19)7-3-1-6(2-4-7)15-8(16)5-14-9(15)17/h3-8,13H,9-12,14H2,1-2H3;1-4H,5H2,(H,14,17). The molecule has 2 aromatic carbocycles. The molecular weight excluding hydrogens is 819 g/mol. The monoisotopic (exact) mass is 848 g/mol. The number of hydrogen-bond donors (Lipinski definition) is 1. The average Bonchev–Trinajstić information content (AvgIpc) is 3.57. The fourth-order valence-electron chi connectivity index (χ4n) is 5.63. The number of rotatable bonds is 7. The number of anilines is 2. The lowest BCUT2D eigenvalue weighted by Gasteiger charge is -2.28. The number of carbonyl (C=O) groups is 5. The predicted molar refractivity (Wildman–Crippen MR) is 184 cm³/mol. The van der Waals surface area contributed by atoms with Crippen molar-refractivity contribution in [2.75, 3.05) is 42.6 Å². The molecular formula is C33H30F6N6O10S2. The summed E-state index contributed by atoms with van der Waals surface area (Å²) in [6.45, 7) is 4.44. The first-order valence-electron chi connectivity index (χ1n) is 16.3. The summed E-state index contributed by atoms with van der Waals surface area (Å²) in [6.07, 6.45) is 1.43. The Balaban J connectivity index is 0.000000261. The number of benzene rings is 2. The molecule has 6 rings (SSSR count). The van der Waals surface area contributed by atoms with E-state index in [4.69, 9.17) is 4.74 Å². The van der Waals surface area contributed by atoms with Crippen LogP contribution in [0, 0.1) is 0 Å². The van der Waals surface area contributed by atoms with Crippen LogP contribution in [0.15, 0.2) is 76.7 Å². The predicted octanol–water partition coefficient (Wildman–Crippen LogP) is 3.63. The first kappa shape index (κ1) is 42.5. The highest BCUT2D eigenvalue weighted by Gasteiger charge is 2.52. The van der Waals surface area contributed by atoms with Crippen LogP contribution >= 0.6 is 0 Å².